The Bertz CT molecular complexity index is 1240. The molecular weight excluding hydrogens is 434 g/mol. The molecule has 0 radical (unpaired) electrons. The number of hydrogen-bond donors (Lipinski definition) is 1. The van der Waals surface area contributed by atoms with Crippen LogP contribution >= 0.6 is 11.3 Å². The van der Waals surface area contributed by atoms with Crippen molar-refractivity contribution in [1.29, 1.82) is 0 Å². The first-order valence-electron chi connectivity index (χ1n) is 9.60. The third kappa shape index (κ3) is 5.09. The molecule has 0 atom stereocenters. The SMILES string of the molecule is COc1cccc(NC(=O)c2csc(-c3ccc(OCc4ccc(F)c(F)c4)cc3)n2)c1. The molecule has 3 aromatic carbocycles. The second kappa shape index (κ2) is 9.57. The van der Waals surface area contributed by atoms with Crippen LogP contribution in [-0.2, 0) is 6.61 Å². The summed E-state index contributed by atoms with van der Waals surface area (Å²) in [6, 6.07) is 17.9. The summed E-state index contributed by atoms with van der Waals surface area (Å²) in [6.07, 6.45) is 0. The molecule has 1 aromatic heterocycles. The number of carbonyl (C=O) groups is 1. The van der Waals surface area contributed by atoms with Crippen LogP contribution in [-0.4, -0.2) is 18.0 Å². The number of thiazole rings is 1. The summed E-state index contributed by atoms with van der Waals surface area (Å²) in [5.74, 6) is -0.888. The van der Waals surface area contributed by atoms with Crippen LogP contribution in [0.5, 0.6) is 11.5 Å². The van der Waals surface area contributed by atoms with Gasteiger partial charge in [0.2, 0.25) is 0 Å². The number of carbonyl (C=O) groups excluding carboxylic acids is 1. The zero-order valence-electron chi connectivity index (χ0n) is 17.0. The number of methoxy groups -OCH3 is 1. The molecule has 1 N–H and O–H groups in total. The van der Waals surface area contributed by atoms with Crippen LogP contribution in [0.3, 0.4) is 0 Å². The van der Waals surface area contributed by atoms with Crippen LogP contribution in [0.1, 0.15) is 16.1 Å². The Morgan fingerprint density at radius 1 is 1.00 bits per heavy atom. The maximum atomic E-state index is 13.3. The molecule has 0 fully saturated rings. The molecule has 8 heteroatoms. The summed E-state index contributed by atoms with van der Waals surface area (Å²) >= 11 is 1.35. The molecule has 32 heavy (non-hydrogen) atoms. The van der Waals surface area contributed by atoms with Crippen molar-refractivity contribution in [3.63, 3.8) is 0 Å². The van der Waals surface area contributed by atoms with Crippen LogP contribution < -0.4 is 14.8 Å². The predicted molar refractivity (Wildman–Crippen MR) is 119 cm³/mol. The summed E-state index contributed by atoms with van der Waals surface area (Å²) in [4.78, 5) is 16.9. The molecule has 0 spiro atoms. The number of benzene rings is 3. The maximum absolute atomic E-state index is 13.3. The van der Waals surface area contributed by atoms with Gasteiger partial charge in [0.25, 0.3) is 5.91 Å². The minimum absolute atomic E-state index is 0.113. The molecule has 4 aromatic rings. The summed E-state index contributed by atoms with van der Waals surface area (Å²) in [5, 5.41) is 5.18. The van der Waals surface area contributed by atoms with E-state index in [1.165, 1.54) is 17.4 Å². The van der Waals surface area contributed by atoms with Crippen LogP contribution in [0.4, 0.5) is 14.5 Å². The fourth-order valence-electron chi connectivity index (χ4n) is 2.90. The minimum Gasteiger partial charge on any atom is -0.497 e. The zero-order valence-corrected chi connectivity index (χ0v) is 17.8. The fourth-order valence-corrected chi connectivity index (χ4v) is 3.70. The number of hydrogen-bond acceptors (Lipinski definition) is 5. The van der Waals surface area contributed by atoms with Gasteiger partial charge in [-0.25, -0.2) is 13.8 Å². The van der Waals surface area contributed by atoms with E-state index in [2.05, 4.69) is 10.3 Å². The van der Waals surface area contributed by atoms with Crippen LogP contribution in [0.2, 0.25) is 0 Å². The second-order valence-electron chi connectivity index (χ2n) is 6.79. The van der Waals surface area contributed by atoms with Gasteiger partial charge in [-0.2, -0.15) is 0 Å². The van der Waals surface area contributed by atoms with Crippen LogP contribution in [0, 0.1) is 11.6 Å². The number of aromatic nitrogens is 1. The van der Waals surface area contributed by atoms with Crippen molar-refractivity contribution in [1.82, 2.24) is 4.98 Å². The Labute approximate surface area is 187 Å². The molecule has 0 saturated heterocycles. The highest BCUT2D eigenvalue weighted by Crippen LogP contribution is 2.27. The highest BCUT2D eigenvalue weighted by Gasteiger charge is 2.13. The monoisotopic (exact) mass is 452 g/mol. The lowest BCUT2D eigenvalue weighted by atomic mass is 10.2. The lowest BCUT2D eigenvalue weighted by Crippen LogP contribution is -2.12. The van der Waals surface area contributed by atoms with Gasteiger partial charge in [-0.3, -0.25) is 4.79 Å². The van der Waals surface area contributed by atoms with Crippen molar-refractivity contribution in [3.05, 3.63) is 95.0 Å². The number of nitrogens with zero attached hydrogens (tertiary/aromatic N) is 1. The van der Waals surface area contributed by atoms with Crippen molar-refractivity contribution < 1.29 is 23.0 Å². The van der Waals surface area contributed by atoms with Crippen LogP contribution in [0.15, 0.2) is 72.1 Å². The van der Waals surface area contributed by atoms with Crippen molar-refractivity contribution in [2.24, 2.45) is 0 Å². The highest BCUT2D eigenvalue weighted by molar-refractivity contribution is 7.13. The Hall–Kier alpha value is -3.78. The van der Waals surface area contributed by atoms with Crippen LogP contribution in [0.25, 0.3) is 10.6 Å². The van der Waals surface area contributed by atoms with E-state index in [0.29, 0.717) is 33.5 Å². The third-order valence-electron chi connectivity index (χ3n) is 4.56. The van der Waals surface area contributed by atoms with Gasteiger partial charge in [-0.1, -0.05) is 12.1 Å². The Morgan fingerprint density at radius 2 is 1.81 bits per heavy atom. The molecular formula is C24H18F2N2O3S. The molecule has 0 bridgehead atoms. The molecule has 1 heterocycles. The standard InChI is InChI=1S/C24H18F2N2O3S/c1-30-19-4-2-3-17(12-19)27-23(29)22-14-32-24(28-22)16-6-8-18(9-7-16)31-13-15-5-10-20(25)21(26)11-15/h2-12,14H,13H2,1H3,(H,27,29). The average molecular weight is 452 g/mol. The molecule has 0 unspecified atom stereocenters. The van der Waals surface area contributed by atoms with Gasteiger partial charge in [0.1, 0.15) is 28.8 Å². The summed E-state index contributed by atoms with van der Waals surface area (Å²) in [7, 11) is 1.56. The van der Waals surface area contributed by atoms with Crippen molar-refractivity contribution >= 4 is 22.9 Å². The summed E-state index contributed by atoms with van der Waals surface area (Å²) < 4.78 is 37.1. The molecule has 4 rings (SSSR count). The van der Waals surface area contributed by atoms with Gasteiger partial charge in [-0.05, 0) is 54.1 Å². The molecule has 0 aliphatic rings. The molecule has 0 aliphatic heterocycles. The number of amides is 1. The number of anilines is 1. The van der Waals surface area contributed by atoms with Gasteiger partial charge < -0.3 is 14.8 Å². The van der Waals surface area contributed by atoms with Gasteiger partial charge in [0, 0.05) is 22.7 Å². The highest BCUT2D eigenvalue weighted by atomic mass is 32.1. The van der Waals surface area contributed by atoms with E-state index in [9.17, 15) is 13.6 Å². The number of rotatable bonds is 7. The minimum atomic E-state index is -0.906. The van der Waals surface area contributed by atoms with Gasteiger partial charge in [0.15, 0.2) is 11.6 Å². The van der Waals surface area contributed by atoms with Gasteiger partial charge in [0.05, 0.1) is 7.11 Å². The molecule has 0 saturated carbocycles. The number of halogens is 2. The quantitative estimate of drug-likeness (QED) is 0.378. The molecule has 1 amide bonds. The normalized spacial score (nSPS) is 10.6. The van der Waals surface area contributed by atoms with Crippen molar-refractivity contribution in [2.45, 2.75) is 6.61 Å². The summed E-state index contributed by atoms with van der Waals surface area (Å²) in [5.41, 5.74) is 2.29. The largest absolute Gasteiger partial charge is 0.497 e. The van der Waals surface area contributed by atoms with E-state index < -0.39 is 11.6 Å². The summed E-state index contributed by atoms with van der Waals surface area (Å²) in [6.45, 7) is 0.113. The third-order valence-corrected chi connectivity index (χ3v) is 5.45. The van der Waals surface area contributed by atoms with Gasteiger partial charge in [-0.15, -0.1) is 11.3 Å². The van der Waals surface area contributed by atoms with Gasteiger partial charge >= 0.3 is 0 Å². The molecule has 5 nitrogen and oxygen atoms in total. The lowest BCUT2D eigenvalue weighted by Gasteiger charge is -2.07. The molecule has 0 aliphatic carbocycles. The Balaban J connectivity index is 1.39. The lowest BCUT2D eigenvalue weighted by molar-refractivity contribution is 0.102. The first kappa shape index (κ1) is 21.5. The van der Waals surface area contributed by atoms with E-state index in [1.807, 2.05) is 12.1 Å². The Kier molecular flexibility index (Phi) is 6.42. The zero-order chi connectivity index (χ0) is 22.5. The Morgan fingerprint density at radius 3 is 2.56 bits per heavy atom. The topological polar surface area (TPSA) is 60.5 Å². The average Bonchev–Trinajstić information content (AvgIpc) is 3.31. The number of ether oxygens (including phenoxy) is 2. The fraction of sp³-hybridized carbons (Fsp3) is 0.0833. The predicted octanol–water partition coefficient (Wildman–Crippen LogP) is 5.93. The first-order chi connectivity index (χ1) is 15.5. The van der Waals surface area contributed by atoms with E-state index in [0.717, 1.165) is 17.7 Å². The first-order valence-corrected chi connectivity index (χ1v) is 10.5. The van der Waals surface area contributed by atoms with E-state index in [-0.39, 0.29) is 12.5 Å². The van der Waals surface area contributed by atoms with E-state index >= 15 is 0 Å². The number of nitrogens with one attached hydrogen (secondary N) is 1. The van der Waals surface area contributed by atoms with Crippen molar-refractivity contribution in [2.75, 3.05) is 12.4 Å². The maximum Gasteiger partial charge on any atom is 0.275 e. The van der Waals surface area contributed by atoms with E-state index in [1.54, 1.807) is 48.9 Å². The van der Waals surface area contributed by atoms with E-state index in [4.69, 9.17) is 9.47 Å². The molecule has 162 valence electrons. The van der Waals surface area contributed by atoms with Crippen molar-refractivity contribution in [3.8, 4) is 22.1 Å². The second-order valence-corrected chi connectivity index (χ2v) is 7.64. The smallest absolute Gasteiger partial charge is 0.275 e.